The molecule has 0 fully saturated rings. The van der Waals surface area contributed by atoms with E-state index in [1.165, 1.54) is 24.3 Å². The van der Waals surface area contributed by atoms with Crippen molar-refractivity contribution >= 4 is 23.5 Å². The van der Waals surface area contributed by atoms with Crippen LogP contribution in [-0.4, -0.2) is 17.8 Å². The average Bonchev–Trinajstić information content (AvgIpc) is 2.68. The summed E-state index contributed by atoms with van der Waals surface area (Å²) in [6.45, 7) is 0. The third-order valence-corrected chi connectivity index (χ3v) is 2.26. The van der Waals surface area contributed by atoms with E-state index < -0.39 is 17.8 Å². The number of carbonyl (C=O) groups is 3. The topological polar surface area (TPSA) is 89.7 Å². The van der Waals surface area contributed by atoms with Crippen LogP contribution in [0.5, 0.6) is 0 Å². The lowest BCUT2D eigenvalue weighted by Gasteiger charge is -2.14. The Morgan fingerprint density at radius 1 is 1.18 bits per heavy atom. The first-order valence-electron chi connectivity index (χ1n) is 4.71. The predicted molar refractivity (Wildman–Crippen MR) is 57.7 cm³/mol. The molecule has 2 amide bonds. The standard InChI is InChI=1S/C11H8N2O4/c12-17-11(16)7-2-1-3-8(6-7)13-9(14)4-5-10(13)15/h1-6H,12H2. The molecule has 0 spiro atoms. The highest BCUT2D eigenvalue weighted by Crippen LogP contribution is 2.20. The quantitative estimate of drug-likeness (QED) is 0.579. The Hall–Kier alpha value is -2.47. The Morgan fingerprint density at radius 3 is 2.41 bits per heavy atom. The molecule has 1 aliphatic heterocycles. The first-order valence-corrected chi connectivity index (χ1v) is 4.71. The van der Waals surface area contributed by atoms with Crippen molar-refractivity contribution in [1.29, 1.82) is 0 Å². The van der Waals surface area contributed by atoms with E-state index in [0.29, 0.717) is 5.69 Å². The van der Waals surface area contributed by atoms with E-state index in [2.05, 4.69) is 4.84 Å². The molecule has 1 heterocycles. The molecule has 1 aliphatic rings. The van der Waals surface area contributed by atoms with Crippen LogP contribution in [0.4, 0.5) is 5.69 Å². The lowest BCUT2D eigenvalue weighted by atomic mass is 10.2. The molecule has 0 radical (unpaired) electrons. The molecule has 6 heteroatoms. The van der Waals surface area contributed by atoms with Crippen LogP contribution in [0, 0.1) is 0 Å². The summed E-state index contributed by atoms with van der Waals surface area (Å²) in [5, 5.41) is 0. The molecular weight excluding hydrogens is 224 g/mol. The lowest BCUT2D eigenvalue weighted by molar-refractivity contribution is -0.119. The molecule has 0 atom stereocenters. The number of benzene rings is 1. The number of rotatable bonds is 2. The van der Waals surface area contributed by atoms with E-state index in [9.17, 15) is 14.4 Å². The Labute approximate surface area is 96.2 Å². The molecule has 0 aliphatic carbocycles. The van der Waals surface area contributed by atoms with Gasteiger partial charge in [0, 0.05) is 12.2 Å². The number of hydrogen-bond donors (Lipinski definition) is 1. The summed E-state index contributed by atoms with van der Waals surface area (Å²) in [6.07, 6.45) is 2.33. The molecule has 0 aromatic heterocycles. The highest BCUT2D eigenvalue weighted by Gasteiger charge is 2.25. The number of carbonyl (C=O) groups excluding carboxylic acids is 3. The Balaban J connectivity index is 2.37. The van der Waals surface area contributed by atoms with Crippen molar-refractivity contribution in [2.75, 3.05) is 4.90 Å². The minimum absolute atomic E-state index is 0.164. The molecule has 6 nitrogen and oxygen atoms in total. The van der Waals surface area contributed by atoms with Gasteiger partial charge in [0.05, 0.1) is 11.3 Å². The predicted octanol–water partition coefficient (Wildman–Crippen LogP) is 0.146. The van der Waals surface area contributed by atoms with Gasteiger partial charge in [-0.15, -0.1) is 0 Å². The normalized spacial score (nSPS) is 14.3. The summed E-state index contributed by atoms with van der Waals surface area (Å²) >= 11 is 0. The van der Waals surface area contributed by atoms with Crippen molar-refractivity contribution < 1.29 is 19.2 Å². The fourth-order valence-corrected chi connectivity index (χ4v) is 1.49. The number of imide groups is 1. The van der Waals surface area contributed by atoms with Crippen molar-refractivity contribution in [3.8, 4) is 0 Å². The van der Waals surface area contributed by atoms with Crippen LogP contribution in [0.2, 0.25) is 0 Å². The molecule has 17 heavy (non-hydrogen) atoms. The molecular formula is C11H8N2O4. The minimum atomic E-state index is -0.737. The molecule has 2 N–H and O–H groups in total. The second-order valence-electron chi connectivity index (χ2n) is 3.30. The summed E-state index contributed by atoms with van der Waals surface area (Å²) in [5.74, 6) is 3.11. The maximum Gasteiger partial charge on any atom is 0.356 e. The number of hydrogen-bond acceptors (Lipinski definition) is 5. The summed E-state index contributed by atoms with van der Waals surface area (Å²) < 4.78 is 0. The molecule has 0 bridgehead atoms. The third-order valence-electron chi connectivity index (χ3n) is 2.26. The number of nitrogens with two attached hydrogens (primary N) is 1. The summed E-state index contributed by atoms with van der Waals surface area (Å²) in [7, 11) is 0. The zero-order valence-corrected chi connectivity index (χ0v) is 8.62. The fraction of sp³-hybridized carbons (Fsp3) is 0. The number of amides is 2. The Bertz CT molecular complexity index is 518. The summed E-state index contributed by atoms with van der Waals surface area (Å²) in [6, 6.07) is 5.89. The zero-order valence-electron chi connectivity index (χ0n) is 8.62. The second-order valence-corrected chi connectivity index (χ2v) is 3.30. The summed E-state index contributed by atoms with van der Waals surface area (Å²) in [5.41, 5.74) is 0.463. The minimum Gasteiger partial charge on any atom is -0.370 e. The molecule has 0 unspecified atom stereocenters. The van der Waals surface area contributed by atoms with Gasteiger partial charge < -0.3 is 4.84 Å². The van der Waals surface area contributed by atoms with Gasteiger partial charge in [0.2, 0.25) is 0 Å². The van der Waals surface area contributed by atoms with Crippen molar-refractivity contribution in [3.05, 3.63) is 42.0 Å². The van der Waals surface area contributed by atoms with E-state index in [-0.39, 0.29) is 5.56 Å². The first-order chi connectivity index (χ1) is 8.13. The highest BCUT2D eigenvalue weighted by atomic mass is 16.7. The van der Waals surface area contributed by atoms with E-state index in [1.54, 1.807) is 0 Å². The van der Waals surface area contributed by atoms with Crippen molar-refractivity contribution in [1.82, 2.24) is 0 Å². The first kappa shape index (κ1) is 11.0. The molecule has 0 saturated carbocycles. The van der Waals surface area contributed by atoms with E-state index >= 15 is 0 Å². The maximum atomic E-state index is 11.4. The van der Waals surface area contributed by atoms with Gasteiger partial charge in [-0.25, -0.2) is 9.69 Å². The van der Waals surface area contributed by atoms with Gasteiger partial charge in [-0.3, -0.25) is 9.59 Å². The molecule has 86 valence electrons. The smallest absolute Gasteiger partial charge is 0.356 e. The Morgan fingerprint density at radius 2 is 1.82 bits per heavy atom. The highest BCUT2D eigenvalue weighted by molar-refractivity contribution is 6.28. The van der Waals surface area contributed by atoms with Crippen molar-refractivity contribution in [2.24, 2.45) is 5.90 Å². The van der Waals surface area contributed by atoms with E-state index in [4.69, 9.17) is 5.90 Å². The van der Waals surface area contributed by atoms with Gasteiger partial charge in [-0.1, -0.05) is 6.07 Å². The van der Waals surface area contributed by atoms with Crippen molar-refractivity contribution in [3.63, 3.8) is 0 Å². The van der Waals surface area contributed by atoms with E-state index in [1.807, 2.05) is 0 Å². The maximum absolute atomic E-state index is 11.4. The van der Waals surface area contributed by atoms with Gasteiger partial charge in [0.1, 0.15) is 0 Å². The monoisotopic (exact) mass is 232 g/mol. The van der Waals surface area contributed by atoms with Crippen LogP contribution >= 0.6 is 0 Å². The average molecular weight is 232 g/mol. The summed E-state index contributed by atoms with van der Waals surface area (Å²) in [4.78, 5) is 39.0. The molecule has 0 saturated heterocycles. The SMILES string of the molecule is NOC(=O)c1cccc(N2C(=O)C=CC2=O)c1. The van der Waals surface area contributed by atoms with Gasteiger partial charge in [0.25, 0.3) is 11.8 Å². The van der Waals surface area contributed by atoms with E-state index in [0.717, 1.165) is 17.1 Å². The Kier molecular flexibility index (Phi) is 2.71. The number of nitrogens with zero attached hydrogens (tertiary/aromatic N) is 1. The molecule has 1 aromatic carbocycles. The molecule has 2 rings (SSSR count). The van der Waals surface area contributed by atoms with Gasteiger partial charge >= 0.3 is 5.97 Å². The zero-order chi connectivity index (χ0) is 12.4. The fourth-order valence-electron chi connectivity index (χ4n) is 1.49. The third kappa shape index (κ3) is 1.93. The lowest BCUT2D eigenvalue weighted by Crippen LogP contribution is -2.29. The largest absolute Gasteiger partial charge is 0.370 e. The van der Waals surface area contributed by atoms with Crippen LogP contribution < -0.4 is 10.8 Å². The number of anilines is 1. The second kappa shape index (κ2) is 4.18. The van der Waals surface area contributed by atoms with Crippen LogP contribution in [0.25, 0.3) is 0 Å². The molecule has 1 aromatic rings. The van der Waals surface area contributed by atoms with Crippen LogP contribution in [0.3, 0.4) is 0 Å². The van der Waals surface area contributed by atoms with Crippen LogP contribution in [0.1, 0.15) is 10.4 Å². The van der Waals surface area contributed by atoms with Gasteiger partial charge in [-0.2, -0.15) is 5.90 Å². The van der Waals surface area contributed by atoms with Crippen molar-refractivity contribution in [2.45, 2.75) is 0 Å². The van der Waals surface area contributed by atoms with Crippen LogP contribution in [0.15, 0.2) is 36.4 Å². The van der Waals surface area contributed by atoms with Gasteiger partial charge in [-0.05, 0) is 18.2 Å². The van der Waals surface area contributed by atoms with Gasteiger partial charge in [0.15, 0.2) is 0 Å². The van der Waals surface area contributed by atoms with Crippen LogP contribution in [-0.2, 0) is 14.4 Å².